The summed E-state index contributed by atoms with van der Waals surface area (Å²) in [5.41, 5.74) is 2.81. The zero-order chi connectivity index (χ0) is 26.7. The van der Waals surface area contributed by atoms with Crippen molar-refractivity contribution in [2.75, 3.05) is 5.32 Å². The second-order valence-corrected chi connectivity index (χ2v) is 10.6. The molecule has 0 saturated carbocycles. The van der Waals surface area contributed by atoms with Gasteiger partial charge in [-0.3, -0.25) is 14.4 Å². The summed E-state index contributed by atoms with van der Waals surface area (Å²) in [4.78, 5) is 45.4. The van der Waals surface area contributed by atoms with Gasteiger partial charge >= 0.3 is 0 Å². The predicted molar refractivity (Wildman–Crippen MR) is 151 cm³/mol. The molecule has 3 aliphatic rings. The Morgan fingerprint density at radius 3 is 2.23 bits per heavy atom. The molecule has 0 radical (unpaired) electrons. The number of anilines is 1. The Morgan fingerprint density at radius 1 is 0.769 bits per heavy atom. The molecule has 6 heteroatoms. The topological polar surface area (TPSA) is 66.5 Å². The second-order valence-electron chi connectivity index (χ2n) is 10.2. The van der Waals surface area contributed by atoms with Gasteiger partial charge in [0.15, 0.2) is 11.6 Å². The van der Waals surface area contributed by atoms with E-state index in [-0.39, 0.29) is 17.5 Å². The van der Waals surface area contributed by atoms with Gasteiger partial charge in [0.2, 0.25) is 5.91 Å². The molecule has 1 fully saturated rings. The lowest BCUT2D eigenvalue weighted by Gasteiger charge is -2.38. The molecule has 4 atom stereocenters. The first-order chi connectivity index (χ1) is 19.0. The molecule has 1 N–H and O–H groups in total. The number of hydrogen-bond donors (Lipinski definition) is 1. The number of benzene rings is 4. The molecule has 1 saturated heterocycles. The highest BCUT2D eigenvalue weighted by Crippen LogP contribution is 2.62. The lowest BCUT2D eigenvalue weighted by atomic mass is 9.62. The quantitative estimate of drug-likeness (QED) is 0.313. The van der Waals surface area contributed by atoms with E-state index in [1.54, 1.807) is 36.4 Å². The van der Waals surface area contributed by atoms with E-state index in [0.717, 1.165) is 16.7 Å². The maximum atomic E-state index is 14.7. The molecule has 0 aliphatic carbocycles. The summed E-state index contributed by atoms with van der Waals surface area (Å²) < 4.78 is 0. The molecule has 3 heterocycles. The van der Waals surface area contributed by atoms with Gasteiger partial charge in [-0.05, 0) is 53.1 Å². The third-order valence-corrected chi connectivity index (χ3v) is 8.56. The first-order valence-corrected chi connectivity index (χ1v) is 13.2. The molecule has 4 aromatic rings. The standard InChI is InChI=1S/C33H23ClN2O3/c34-23-16-14-22(15-17-23)29(37)27-28(30(38)21-9-2-1-3-10-21)36-19-18-20-8-4-5-11-24(20)31(36)33(27)25-12-6-7-13-26(25)35-32(33)39/h1-19,27-28,31H,(H,35,39)/t27-,28-,31+,33+/m1/s1. The van der Waals surface area contributed by atoms with Crippen LogP contribution in [0.3, 0.4) is 0 Å². The van der Waals surface area contributed by atoms with Crippen LogP contribution in [0.2, 0.25) is 5.02 Å². The van der Waals surface area contributed by atoms with Crippen LogP contribution in [0.15, 0.2) is 109 Å². The molecule has 4 aromatic carbocycles. The summed E-state index contributed by atoms with van der Waals surface area (Å²) in [5.74, 6) is -1.76. The van der Waals surface area contributed by atoms with Crippen LogP contribution in [0, 0.1) is 5.92 Å². The Balaban J connectivity index is 1.54. The lowest BCUT2D eigenvalue weighted by molar-refractivity contribution is -0.122. The minimum Gasteiger partial charge on any atom is -0.358 e. The summed E-state index contributed by atoms with van der Waals surface area (Å²) in [5, 5.41) is 3.57. The van der Waals surface area contributed by atoms with Crippen molar-refractivity contribution in [3.05, 3.63) is 142 Å². The third-order valence-electron chi connectivity index (χ3n) is 8.31. The van der Waals surface area contributed by atoms with Crippen molar-refractivity contribution >= 4 is 40.8 Å². The molecule has 0 bridgehead atoms. The molecule has 39 heavy (non-hydrogen) atoms. The molecule has 0 unspecified atom stereocenters. The molecule has 0 aromatic heterocycles. The van der Waals surface area contributed by atoms with Gasteiger partial charge in [0.05, 0.1) is 12.0 Å². The number of para-hydroxylation sites is 1. The number of nitrogens with zero attached hydrogens (tertiary/aromatic N) is 1. The van der Waals surface area contributed by atoms with Crippen LogP contribution in [-0.4, -0.2) is 28.4 Å². The van der Waals surface area contributed by atoms with Crippen molar-refractivity contribution in [1.82, 2.24) is 4.90 Å². The normalized spacial score (nSPS) is 24.2. The van der Waals surface area contributed by atoms with Gasteiger partial charge in [0.25, 0.3) is 0 Å². The van der Waals surface area contributed by atoms with E-state index in [0.29, 0.717) is 21.8 Å². The van der Waals surface area contributed by atoms with E-state index in [4.69, 9.17) is 11.6 Å². The summed E-state index contributed by atoms with van der Waals surface area (Å²) in [6.45, 7) is 0. The molecule has 3 aliphatic heterocycles. The molecule has 1 spiro atoms. The van der Waals surface area contributed by atoms with E-state index in [1.165, 1.54) is 0 Å². The molecule has 190 valence electrons. The van der Waals surface area contributed by atoms with Gasteiger partial charge in [-0.25, -0.2) is 0 Å². The van der Waals surface area contributed by atoms with Crippen molar-refractivity contribution in [3.8, 4) is 0 Å². The smallest absolute Gasteiger partial charge is 0.238 e. The minimum atomic E-state index is -1.34. The largest absolute Gasteiger partial charge is 0.358 e. The van der Waals surface area contributed by atoms with Gasteiger partial charge in [-0.15, -0.1) is 0 Å². The fourth-order valence-corrected chi connectivity index (χ4v) is 6.86. The Labute approximate surface area is 230 Å². The van der Waals surface area contributed by atoms with Gasteiger partial charge < -0.3 is 10.2 Å². The van der Waals surface area contributed by atoms with Gasteiger partial charge in [0.1, 0.15) is 11.5 Å². The molecule has 1 amide bonds. The van der Waals surface area contributed by atoms with Gasteiger partial charge in [-0.2, -0.15) is 0 Å². The highest BCUT2D eigenvalue weighted by molar-refractivity contribution is 6.30. The van der Waals surface area contributed by atoms with Crippen molar-refractivity contribution in [3.63, 3.8) is 0 Å². The number of ketones is 2. The Bertz CT molecular complexity index is 1680. The molecular weight excluding hydrogens is 508 g/mol. The first-order valence-electron chi connectivity index (χ1n) is 12.9. The van der Waals surface area contributed by atoms with E-state index >= 15 is 0 Å². The fourth-order valence-electron chi connectivity index (χ4n) is 6.73. The maximum absolute atomic E-state index is 14.7. The average molecular weight is 531 g/mol. The highest BCUT2D eigenvalue weighted by atomic mass is 35.5. The van der Waals surface area contributed by atoms with Gasteiger partial charge in [0, 0.05) is 28.0 Å². The summed E-state index contributed by atoms with van der Waals surface area (Å²) in [6, 6.07) is 29.6. The van der Waals surface area contributed by atoms with Crippen LogP contribution in [0.4, 0.5) is 5.69 Å². The number of nitrogens with one attached hydrogen (secondary N) is 1. The SMILES string of the molecule is O=C(c1ccccc1)[C@H]1[C@H](C(=O)c2ccc(Cl)cc2)[C@]2(C(=O)Nc3ccccc32)[C@@H]2c3ccccc3C=CN21. The lowest BCUT2D eigenvalue weighted by Crippen LogP contribution is -2.49. The van der Waals surface area contributed by atoms with Crippen molar-refractivity contribution in [2.45, 2.75) is 17.5 Å². The first kappa shape index (κ1) is 23.6. The zero-order valence-corrected chi connectivity index (χ0v) is 21.5. The molecular formula is C33H23ClN2O3. The highest BCUT2D eigenvalue weighted by Gasteiger charge is 2.70. The number of amides is 1. The summed E-state index contributed by atoms with van der Waals surface area (Å²) in [7, 11) is 0. The number of carbonyl (C=O) groups excluding carboxylic acids is 3. The number of Topliss-reactive ketones (excluding diaryl/α,β-unsaturated/α-hetero) is 2. The van der Waals surface area contributed by atoms with Crippen LogP contribution in [-0.2, 0) is 10.2 Å². The van der Waals surface area contributed by atoms with Crippen LogP contribution >= 0.6 is 11.6 Å². The van der Waals surface area contributed by atoms with Crippen LogP contribution in [0.5, 0.6) is 0 Å². The van der Waals surface area contributed by atoms with Crippen molar-refractivity contribution < 1.29 is 14.4 Å². The van der Waals surface area contributed by atoms with Crippen LogP contribution < -0.4 is 5.32 Å². The number of hydrogen-bond acceptors (Lipinski definition) is 4. The predicted octanol–water partition coefficient (Wildman–Crippen LogP) is 6.32. The van der Waals surface area contributed by atoms with Gasteiger partial charge in [-0.1, -0.05) is 84.4 Å². The van der Waals surface area contributed by atoms with Crippen LogP contribution in [0.25, 0.3) is 6.08 Å². The van der Waals surface area contributed by atoms with Crippen molar-refractivity contribution in [1.29, 1.82) is 0 Å². The minimum absolute atomic E-state index is 0.203. The van der Waals surface area contributed by atoms with Crippen LogP contribution in [0.1, 0.15) is 43.4 Å². The molecule has 5 nitrogen and oxygen atoms in total. The third kappa shape index (κ3) is 3.30. The summed E-state index contributed by atoms with van der Waals surface area (Å²) >= 11 is 6.15. The Kier molecular flexibility index (Phi) is 5.32. The van der Waals surface area contributed by atoms with E-state index in [2.05, 4.69) is 5.32 Å². The second kappa shape index (κ2) is 8.79. The number of carbonyl (C=O) groups is 3. The van der Waals surface area contributed by atoms with Crippen molar-refractivity contribution in [2.24, 2.45) is 5.92 Å². The molecule has 7 rings (SSSR count). The zero-order valence-electron chi connectivity index (χ0n) is 20.8. The maximum Gasteiger partial charge on any atom is 0.238 e. The fraction of sp³-hybridized carbons (Fsp3) is 0.121. The summed E-state index contributed by atoms with van der Waals surface area (Å²) in [6.07, 6.45) is 3.84. The number of halogens is 1. The van der Waals surface area contributed by atoms with E-state index < -0.39 is 23.4 Å². The van der Waals surface area contributed by atoms with E-state index in [9.17, 15) is 14.4 Å². The average Bonchev–Trinajstić information content (AvgIpc) is 3.45. The Hall–Kier alpha value is -4.48. The van der Waals surface area contributed by atoms with E-state index in [1.807, 2.05) is 83.9 Å². The monoisotopic (exact) mass is 530 g/mol. The Morgan fingerprint density at radius 2 is 1.44 bits per heavy atom. The number of rotatable bonds is 4. The number of fused-ring (bicyclic) bond motifs is 6.